The van der Waals surface area contributed by atoms with Crippen molar-refractivity contribution in [1.82, 2.24) is 9.78 Å². The summed E-state index contributed by atoms with van der Waals surface area (Å²) in [6.45, 7) is 5.98. The van der Waals surface area contributed by atoms with Crippen LogP contribution in [0.4, 0.5) is 4.79 Å². The van der Waals surface area contributed by atoms with Crippen LogP contribution in [0.5, 0.6) is 0 Å². The molecule has 4 saturated carbocycles. The van der Waals surface area contributed by atoms with Crippen molar-refractivity contribution in [3.05, 3.63) is 40.1 Å². The molecule has 0 spiro atoms. The Morgan fingerprint density at radius 1 is 1.10 bits per heavy atom. The van der Waals surface area contributed by atoms with Gasteiger partial charge in [0.25, 0.3) is 0 Å². The summed E-state index contributed by atoms with van der Waals surface area (Å²) in [4.78, 5) is 37.2. The van der Waals surface area contributed by atoms with Crippen LogP contribution >= 0.6 is 0 Å². The van der Waals surface area contributed by atoms with E-state index in [9.17, 15) is 14.4 Å². The van der Waals surface area contributed by atoms with E-state index in [0.29, 0.717) is 40.9 Å². The molecule has 4 aliphatic rings. The Hall–Kier alpha value is -3.35. The fraction of sp³-hybridized carbons (Fsp3) is 0.710. The van der Waals surface area contributed by atoms with Crippen LogP contribution in [-0.2, 0) is 27.4 Å². The molecule has 2 aromatic rings. The van der Waals surface area contributed by atoms with E-state index in [0.717, 1.165) is 57.8 Å². The molecule has 0 amide bonds. The van der Waals surface area contributed by atoms with Crippen LogP contribution in [-0.4, -0.2) is 27.3 Å². The molecule has 10 nitrogen and oxygen atoms in total. The Labute approximate surface area is 239 Å². The molecule has 1 unspecified atom stereocenters. The van der Waals surface area contributed by atoms with Crippen LogP contribution in [0.3, 0.4) is 0 Å². The third kappa shape index (κ3) is 5.13. The first kappa shape index (κ1) is 27.8. The van der Waals surface area contributed by atoms with Crippen LogP contribution < -0.4 is 5.82 Å². The molecular weight excluding hydrogens is 526 g/mol. The first-order chi connectivity index (χ1) is 19.6. The molecule has 220 valence electrons. The van der Waals surface area contributed by atoms with Crippen molar-refractivity contribution < 1.29 is 27.9 Å². The summed E-state index contributed by atoms with van der Waals surface area (Å²) >= 11 is 0. The van der Waals surface area contributed by atoms with Gasteiger partial charge in [-0.05, 0) is 107 Å². The van der Waals surface area contributed by atoms with Crippen LogP contribution in [0.25, 0.3) is 0 Å². The van der Waals surface area contributed by atoms with E-state index in [-0.39, 0.29) is 36.0 Å². The molecule has 0 aliphatic heterocycles. The number of ketones is 1. The van der Waals surface area contributed by atoms with E-state index >= 15 is 0 Å². The van der Waals surface area contributed by atoms with Gasteiger partial charge in [0.2, 0.25) is 0 Å². The Bertz CT molecular complexity index is 1420. The van der Waals surface area contributed by atoms with Crippen LogP contribution in [0, 0.1) is 59.2 Å². The average Bonchev–Trinajstić information content (AvgIpc) is 3.62. The summed E-state index contributed by atoms with van der Waals surface area (Å²) in [5.74, 6) is 2.96. The molecule has 2 aromatic heterocycles. The summed E-state index contributed by atoms with van der Waals surface area (Å²) in [6.07, 6.45) is 11.6. The quantitative estimate of drug-likeness (QED) is 0.412. The Morgan fingerprint density at radius 2 is 1.90 bits per heavy atom. The lowest BCUT2D eigenvalue weighted by Gasteiger charge is -2.57. The topological polar surface area (TPSA) is 138 Å². The lowest BCUT2D eigenvalue weighted by atomic mass is 9.49. The molecule has 4 fully saturated rings. The Kier molecular flexibility index (Phi) is 7.11. The van der Waals surface area contributed by atoms with Crippen LogP contribution in [0.2, 0.25) is 0 Å². The fourth-order valence-corrected chi connectivity index (χ4v) is 9.33. The van der Waals surface area contributed by atoms with Crippen LogP contribution in [0.15, 0.2) is 26.0 Å². The second-order valence-electron chi connectivity index (χ2n) is 13.4. The summed E-state index contributed by atoms with van der Waals surface area (Å²) in [7, 11) is 0. The third-order valence-corrected chi connectivity index (χ3v) is 11.2. The molecular formula is C31H39N3O7. The van der Waals surface area contributed by atoms with Gasteiger partial charge in [-0.15, -0.1) is 0 Å². The molecule has 0 radical (unpaired) electrons. The number of rotatable bonds is 6. The van der Waals surface area contributed by atoms with Gasteiger partial charge in [-0.2, -0.15) is 10.4 Å². The van der Waals surface area contributed by atoms with E-state index in [1.807, 2.05) is 6.92 Å². The number of hydrogen-bond donors (Lipinski definition) is 0. The second kappa shape index (κ2) is 10.5. The first-order valence-corrected chi connectivity index (χ1v) is 15.0. The number of carbonyl (C=O) groups excluding carboxylic acids is 2. The zero-order valence-corrected chi connectivity index (χ0v) is 24.1. The summed E-state index contributed by atoms with van der Waals surface area (Å²) < 4.78 is 22.4. The molecule has 0 aromatic carbocycles. The second-order valence-corrected chi connectivity index (χ2v) is 13.4. The van der Waals surface area contributed by atoms with Crippen molar-refractivity contribution in [3.8, 4) is 6.07 Å². The Balaban J connectivity index is 1.06. The number of nitrogens with zero attached hydrogens (tertiary/aromatic N) is 3. The van der Waals surface area contributed by atoms with E-state index in [4.69, 9.17) is 23.6 Å². The van der Waals surface area contributed by atoms with Crippen LogP contribution in [0.1, 0.15) is 88.7 Å². The van der Waals surface area contributed by atoms with Gasteiger partial charge in [0.15, 0.2) is 23.9 Å². The first-order valence-electron chi connectivity index (χ1n) is 15.0. The number of aryl methyl sites for hydroxylation is 1. The van der Waals surface area contributed by atoms with Gasteiger partial charge in [-0.25, -0.2) is 9.59 Å². The van der Waals surface area contributed by atoms with Crippen molar-refractivity contribution in [1.29, 1.82) is 5.26 Å². The fourth-order valence-electron chi connectivity index (χ4n) is 9.33. The molecule has 6 rings (SSSR count). The highest BCUT2D eigenvalue weighted by molar-refractivity contribution is 5.82. The van der Waals surface area contributed by atoms with E-state index in [2.05, 4.69) is 18.1 Å². The highest BCUT2D eigenvalue weighted by Gasteiger charge is 2.59. The summed E-state index contributed by atoms with van der Waals surface area (Å²) in [5, 5.41) is 13.3. The standard InChI is InChI=1S/C31H39N3O7/c1-18-27(40-29(37)39-18)17-38-28(36)41-30(2)10-8-21-20(12-30)4-5-23-22(21)9-11-31(3)24(23)6-7-25(31)26(35)16-34-15-19(13-32)14-33-34/h14-15,20-25H,4-12,16-17H2,1-3H3/t20-,21?,22-,23-,24+,25-,30-,31+/m1/s1. The predicted octanol–water partition coefficient (Wildman–Crippen LogP) is 5.56. The summed E-state index contributed by atoms with van der Waals surface area (Å²) in [6, 6.07) is 2.08. The van der Waals surface area contributed by atoms with Crippen molar-refractivity contribution in [2.75, 3.05) is 0 Å². The minimum Gasteiger partial charge on any atom is -0.428 e. The number of carbonyl (C=O) groups is 2. The van der Waals surface area contributed by atoms with Gasteiger partial charge in [0.1, 0.15) is 11.7 Å². The maximum absolute atomic E-state index is 13.4. The highest BCUT2D eigenvalue weighted by Crippen LogP contribution is 2.64. The third-order valence-electron chi connectivity index (χ3n) is 11.2. The number of aromatic nitrogens is 2. The van der Waals surface area contributed by atoms with Crippen molar-refractivity contribution in [2.24, 2.45) is 40.9 Å². The SMILES string of the molecule is Cc1oc(=O)oc1COC(=O)O[C@]1(C)CCC2[C@H](CC[C@@H]3[C@@H]2CC[C@]2(C)[C@@H](C(=O)Cn4cc(C#N)cn4)CC[C@@H]32)C1. The van der Waals surface area contributed by atoms with Gasteiger partial charge >= 0.3 is 12.0 Å². The molecule has 8 atom stereocenters. The van der Waals surface area contributed by atoms with E-state index in [1.54, 1.807) is 17.8 Å². The summed E-state index contributed by atoms with van der Waals surface area (Å²) in [5.41, 5.74) is -0.0713. The number of fused-ring (bicyclic) bond motifs is 5. The number of ether oxygens (including phenoxy) is 2. The molecule has 0 saturated heterocycles. The Morgan fingerprint density at radius 3 is 2.63 bits per heavy atom. The minimum atomic E-state index is -0.817. The molecule has 4 aliphatic carbocycles. The van der Waals surface area contributed by atoms with Gasteiger partial charge < -0.3 is 18.3 Å². The highest BCUT2D eigenvalue weighted by atomic mass is 16.7. The van der Waals surface area contributed by atoms with E-state index in [1.165, 1.54) is 6.20 Å². The van der Waals surface area contributed by atoms with Crippen molar-refractivity contribution in [2.45, 2.75) is 97.3 Å². The van der Waals surface area contributed by atoms with Gasteiger partial charge in [0, 0.05) is 12.1 Å². The molecule has 2 heterocycles. The van der Waals surface area contributed by atoms with Crippen molar-refractivity contribution >= 4 is 11.9 Å². The van der Waals surface area contributed by atoms with Gasteiger partial charge in [-0.1, -0.05) is 6.92 Å². The number of nitriles is 1. The lowest BCUT2D eigenvalue weighted by molar-refractivity contribution is -0.134. The maximum atomic E-state index is 13.4. The van der Waals surface area contributed by atoms with Gasteiger partial charge in [-0.3, -0.25) is 9.48 Å². The monoisotopic (exact) mass is 565 g/mol. The molecule has 41 heavy (non-hydrogen) atoms. The molecule has 0 bridgehead atoms. The minimum absolute atomic E-state index is 0.0266. The maximum Gasteiger partial charge on any atom is 0.519 e. The largest absolute Gasteiger partial charge is 0.519 e. The zero-order valence-electron chi connectivity index (χ0n) is 24.1. The van der Waals surface area contributed by atoms with E-state index < -0.39 is 17.6 Å². The predicted molar refractivity (Wildman–Crippen MR) is 144 cm³/mol. The number of Topliss-reactive ketones (excluding diaryl/α,β-unsaturated/α-hetero) is 1. The van der Waals surface area contributed by atoms with Gasteiger partial charge in [0.05, 0.1) is 18.3 Å². The normalized spacial score (nSPS) is 36.0. The molecule has 10 heteroatoms. The number of hydrogen-bond acceptors (Lipinski definition) is 9. The van der Waals surface area contributed by atoms with Crippen molar-refractivity contribution in [3.63, 3.8) is 0 Å². The zero-order chi connectivity index (χ0) is 28.9. The average molecular weight is 566 g/mol. The molecule has 0 N–H and O–H groups in total. The lowest BCUT2D eigenvalue weighted by Crippen LogP contribution is -2.51. The smallest absolute Gasteiger partial charge is 0.428 e.